The van der Waals surface area contributed by atoms with Gasteiger partial charge >= 0.3 is 0 Å². The zero-order chi connectivity index (χ0) is 19.7. The highest BCUT2D eigenvalue weighted by atomic mass is 35.5. The molecule has 1 amide bonds. The summed E-state index contributed by atoms with van der Waals surface area (Å²) in [6.07, 6.45) is 3.38. The number of rotatable bonds is 4. The molecule has 0 aromatic heterocycles. The molecular weight excluding hydrogens is 370 g/mol. The summed E-state index contributed by atoms with van der Waals surface area (Å²) in [7, 11) is 0. The van der Waals surface area contributed by atoms with E-state index in [1.54, 1.807) is 0 Å². The third-order valence-electron chi connectivity index (χ3n) is 5.58. The second kappa shape index (κ2) is 7.36. The van der Waals surface area contributed by atoms with E-state index in [2.05, 4.69) is 47.3 Å². The molecule has 1 atom stereocenters. The number of amides is 1. The smallest absolute Gasteiger partial charge is 0.251 e. The van der Waals surface area contributed by atoms with E-state index in [0.717, 1.165) is 41.1 Å². The molecule has 5 heteroatoms. The summed E-state index contributed by atoms with van der Waals surface area (Å²) < 4.78 is 0. The first-order valence-corrected chi connectivity index (χ1v) is 9.91. The summed E-state index contributed by atoms with van der Waals surface area (Å²) in [6.45, 7) is 8.73. The summed E-state index contributed by atoms with van der Waals surface area (Å²) in [6, 6.07) is 14.2. The van der Waals surface area contributed by atoms with E-state index in [9.17, 15) is 4.79 Å². The van der Waals surface area contributed by atoms with Gasteiger partial charge in [0, 0.05) is 23.7 Å². The molecule has 2 aliphatic rings. The highest BCUT2D eigenvalue weighted by Crippen LogP contribution is 2.32. The maximum absolute atomic E-state index is 12.5. The van der Waals surface area contributed by atoms with Crippen molar-refractivity contribution in [2.45, 2.75) is 37.8 Å². The SMILES string of the molecule is C=C1NC(=O)C2(CCCc3cc(C(=C)NCc4cccc(Cl)c4)ccc3C2)N1. The standard InChI is InChI=1S/C23H24ClN3O/c1-15(25-14-17-5-3-7-21(24)11-17)18-8-9-20-13-23(10-4-6-19(20)12-18)22(28)26-16(2)27-23/h3,5,7-9,11-12,25,27H,1-2,4,6,10,13-14H2,(H,26,28). The molecule has 0 saturated carbocycles. The monoisotopic (exact) mass is 393 g/mol. The highest BCUT2D eigenvalue weighted by molar-refractivity contribution is 6.30. The second-order valence-electron chi connectivity index (χ2n) is 7.62. The molecule has 0 radical (unpaired) electrons. The fraction of sp³-hybridized carbons (Fsp3) is 0.261. The van der Waals surface area contributed by atoms with Crippen LogP contribution >= 0.6 is 11.6 Å². The average Bonchev–Trinajstić information content (AvgIpc) is 2.83. The van der Waals surface area contributed by atoms with Crippen LogP contribution in [0.1, 0.15) is 35.1 Å². The van der Waals surface area contributed by atoms with E-state index < -0.39 is 5.54 Å². The molecule has 1 aliphatic carbocycles. The summed E-state index contributed by atoms with van der Waals surface area (Å²) in [5, 5.41) is 10.2. The summed E-state index contributed by atoms with van der Waals surface area (Å²) >= 11 is 6.05. The zero-order valence-corrected chi connectivity index (χ0v) is 16.5. The number of carbonyl (C=O) groups excluding carboxylic acids is 1. The normalized spacial score (nSPS) is 20.9. The third kappa shape index (κ3) is 3.65. The molecule has 28 heavy (non-hydrogen) atoms. The number of nitrogens with one attached hydrogen (secondary N) is 3. The van der Waals surface area contributed by atoms with E-state index in [1.165, 1.54) is 11.1 Å². The van der Waals surface area contributed by atoms with Gasteiger partial charge in [-0.1, -0.05) is 49.0 Å². The average molecular weight is 394 g/mol. The Hall–Kier alpha value is -2.72. The quantitative estimate of drug-likeness (QED) is 0.738. The molecule has 1 fully saturated rings. The summed E-state index contributed by atoms with van der Waals surface area (Å²) in [4.78, 5) is 12.5. The molecule has 1 heterocycles. The Morgan fingerprint density at radius 3 is 2.82 bits per heavy atom. The van der Waals surface area contributed by atoms with Gasteiger partial charge in [-0.15, -0.1) is 0 Å². The summed E-state index contributed by atoms with van der Waals surface area (Å²) in [5.74, 6) is 0.630. The molecule has 1 spiro atoms. The molecule has 2 aromatic carbocycles. The molecule has 0 bridgehead atoms. The van der Waals surface area contributed by atoms with Gasteiger partial charge < -0.3 is 16.0 Å². The molecule has 1 saturated heterocycles. The molecule has 1 aliphatic heterocycles. The molecule has 3 N–H and O–H groups in total. The van der Waals surface area contributed by atoms with Gasteiger partial charge in [0.2, 0.25) is 0 Å². The van der Waals surface area contributed by atoms with Gasteiger partial charge in [0.05, 0.1) is 5.82 Å². The van der Waals surface area contributed by atoms with Crippen LogP contribution in [0.2, 0.25) is 5.02 Å². The number of fused-ring (bicyclic) bond motifs is 1. The maximum atomic E-state index is 12.5. The fourth-order valence-corrected chi connectivity index (χ4v) is 4.32. The minimum atomic E-state index is -0.564. The molecular formula is C23H24ClN3O. The van der Waals surface area contributed by atoms with Crippen LogP contribution in [0.4, 0.5) is 0 Å². The van der Waals surface area contributed by atoms with Gasteiger partial charge in [-0.2, -0.15) is 0 Å². The molecule has 2 aromatic rings. The maximum Gasteiger partial charge on any atom is 0.251 e. The first-order chi connectivity index (χ1) is 13.4. The number of hydrogen-bond donors (Lipinski definition) is 3. The van der Waals surface area contributed by atoms with Crippen LogP contribution in [0.25, 0.3) is 5.70 Å². The fourth-order valence-electron chi connectivity index (χ4n) is 4.10. The van der Waals surface area contributed by atoms with Crippen LogP contribution in [0, 0.1) is 0 Å². The van der Waals surface area contributed by atoms with Crippen LogP contribution < -0.4 is 16.0 Å². The Labute approximate surface area is 170 Å². The number of halogens is 1. The van der Waals surface area contributed by atoms with Crippen molar-refractivity contribution in [2.75, 3.05) is 0 Å². The Morgan fingerprint density at radius 2 is 2.07 bits per heavy atom. The Kier molecular flexibility index (Phi) is 4.90. The van der Waals surface area contributed by atoms with Crippen molar-refractivity contribution in [1.29, 1.82) is 0 Å². The van der Waals surface area contributed by atoms with Crippen molar-refractivity contribution < 1.29 is 4.79 Å². The summed E-state index contributed by atoms with van der Waals surface area (Å²) in [5.41, 5.74) is 5.00. The van der Waals surface area contributed by atoms with Gasteiger partial charge in [0.15, 0.2) is 0 Å². The van der Waals surface area contributed by atoms with E-state index in [1.807, 2.05) is 24.3 Å². The number of aryl methyl sites for hydroxylation is 1. The number of carbonyl (C=O) groups is 1. The predicted molar refractivity (Wildman–Crippen MR) is 114 cm³/mol. The Balaban J connectivity index is 1.49. The van der Waals surface area contributed by atoms with Gasteiger partial charge in [-0.05, 0) is 59.7 Å². The Morgan fingerprint density at radius 1 is 1.21 bits per heavy atom. The Bertz CT molecular complexity index is 968. The lowest BCUT2D eigenvalue weighted by Gasteiger charge is -2.25. The van der Waals surface area contributed by atoms with Gasteiger partial charge in [0.25, 0.3) is 5.91 Å². The molecule has 4 nitrogen and oxygen atoms in total. The van der Waals surface area contributed by atoms with E-state index in [-0.39, 0.29) is 5.91 Å². The number of benzene rings is 2. The van der Waals surface area contributed by atoms with Gasteiger partial charge in [-0.25, -0.2) is 0 Å². The topological polar surface area (TPSA) is 53.2 Å². The highest BCUT2D eigenvalue weighted by Gasteiger charge is 2.44. The molecule has 144 valence electrons. The van der Waals surface area contributed by atoms with Crippen molar-refractivity contribution in [1.82, 2.24) is 16.0 Å². The van der Waals surface area contributed by atoms with Crippen LogP contribution in [-0.2, 0) is 24.2 Å². The van der Waals surface area contributed by atoms with Crippen molar-refractivity contribution in [3.8, 4) is 0 Å². The number of hydrogen-bond acceptors (Lipinski definition) is 3. The van der Waals surface area contributed by atoms with E-state index in [0.29, 0.717) is 18.8 Å². The lowest BCUT2D eigenvalue weighted by Crippen LogP contribution is -2.47. The van der Waals surface area contributed by atoms with Crippen molar-refractivity contribution in [2.24, 2.45) is 0 Å². The minimum absolute atomic E-state index is 0.0297. The largest absolute Gasteiger partial charge is 0.381 e. The second-order valence-corrected chi connectivity index (χ2v) is 8.05. The van der Waals surface area contributed by atoms with E-state index >= 15 is 0 Å². The van der Waals surface area contributed by atoms with Crippen LogP contribution in [0.3, 0.4) is 0 Å². The first kappa shape index (κ1) is 18.6. The van der Waals surface area contributed by atoms with Crippen molar-refractivity contribution in [3.63, 3.8) is 0 Å². The van der Waals surface area contributed by atoms with Gasteiger partial charge in [0.1, 0.15) is 5.54 Å². The van der Waals surface area contributed by atoms with Crippen LogP contribution in [-0.4, -0.2) is 11.4 Å². The lowest BCUT2D eigenvalue weighted by atomic mass is 9.88. The molecule has 1 unspecified atom stereocenters. The minimum Gasteiger partial charge on any atom is -0.381 e. The van der Waals surface area contributed by atoms with Crippen molar-refractivity contribution in [3.05, 3.63) is 88.7 Å². The lowest BCUT2D eigenvalue weighted by molar-refractivity contribution is -0.124. The van der Waals surface area contributed by atoms with Gasteiger partial charge in [-0.3, -0.25) is 4.79 Å². The van der Waals surface area contributed by atoms with Crippen LogP contribution in [0.5, 0.6) is 0 Å². The zero-order valence-electron chi connectivity index (χ0n) is 15.8. The predicted octanol–water partition coefficient (Wildman–Crippen LogP) is 3.91. The van der Waals surface area contributed by atoms with Crippen molar-refractivity contribution >= 4 is 23.2 Å². The molecule has 4 rings (SSSR count). The first-order valence-electron chi connectivity index (χ1n) is 9.53. The van der Waals surface area contributed by atoms with Crippen LogP contribution in [0.15, 0.2) is 61.4 Å². The van der Waals surface area contributed by atoms with E-state index in [4.69, 9.17) is 11.6 Å². The third-order valence-corrected chi connectivity index (χ3v) is 5.82.